The van der Waals surface area contributed by atoms with Crippen LogP contribution in [0.1, 0.15) is 39.9 Å². The molecule has 0 spiro atoms. The van der Waals surface area contributed by atoms with Crippen molar-refractivity contribution < 1.29 is 23.1 Å². The number of rotatable bonds is 3. The third-order valence-electron chi connectivity index (χ3n) is 3.62. The molecular formula is C15H11F2NO4S. The number of aromatic nitrogens is 1. The highest BCUT2D eigenvalue weighted by atomic mass is 32.2. The van der Waals surface area contributed by atoms with Crippen LogP contribution in [0.2, 0.25) is 0 Å². The van der Waals surface area contributed by atoms with Gasteiger partial charge in [0, 0.05) is 0 Å². The van der Waals surface area contributed by atoms with Crippen LogP contribution in [0.25, 0.3) is 10.9 Å². The van der Waals surface area contributed by atoms with E-state index < -0.39 is 28.6 Å². The molecule has 3 rings (SSSR count). The second-order valence-corrected chi connectivity index (χ2v) is 6.22. The average molecular weight is 339 g/mol. The molecule has 8 heteroatoms. The van der Waals surface area contributed by atoms with Crippen molar-refractivity contribution in [3.05, 3.63) is 39.1 Å². The van der Waals surface area contributed by atoms with Gasteiger partial charge in [0.2, 0.25) is 5.43 Å². The van der Waals surface area contributed by atoms with Crippen LogP contribution in [0.5, 0.6) is 0 Å². The lowest BCUT2D eigenvalue weighted by molar-refractivity contribution is 0.0518. The zero-order valence-corrected chi connectivity index (χ0v) is 13.0. The molecule has 0 fully saturated rings. The Kier molecular flexibility index (Phi) is 3.71. The van der Waals surface area contributed by atoms with Crippen LogP contribution in [-0.4, -0.2) is 23.4 Å². The summed E-state index contributed by atoms with van der Waals surface area (Å²) in [6.45, 7) is 3.43. The van der Waals surface area contributed by atoms with Gasteiger partial charge in [-0.25, -0.2) is 13.6 Å². The van der Waals surface area contributed by atoms with Crippen molar-refractivity contribution in [3.63, 3.8) is 0 Å². The first-order chi connectivity index (χ1) is 10.9. The Balaban J connectivity index is 2.49. The minimum Gasteiger partial charge on any atom is -0.462 e. The minimum absolute atomic E-state index is 0.00167. The molecule has 0 bridgehead atoms. The highest BCUT2D eigenvalue weighted by Gasteiger charge is 2.35. The van der Waals surface area contributed by atoms with Crippen LogP contribution in [0.3, 0.4) is 0 Å². The lowest BCUT2D eigenvalue weighted by atomic mass is 10.1. The normalized spacial score (nSPS) is 15.9. The number of esters is 1. The molecule has 0 aliphatic carbocycles. The Hall–Kier alpha value is -2.22. The lowest BCUT2D eigenvalue weighted by Gasteiger charge is -2.33. The molecule has 23 heavy (non-hydrogen) atoms. The van der Waals surface area contributed by atoms with Gasteiger partial charge in [0.15, 0.2) is 17.9 Å². The van der Waals surface area contributed by atoms with Gasteiger partial charge in [0.05, 0.1) is 33.5 Å². The molecule has 1 aromatic carbocycles. The number of carbonyl (C=O) groups excluding carboxylic acids is 2. The van der Waals surface area contributed by atoms with Crippen LogP contribution < -0.4 is 5.43 Å². The standard InChI is InChI=1S/C15H11F2NO4S/c1-3-22-15(21)10-13(20)7-4-9(16)11(17)8(5-19)12(7)18-6(2)23-14(10)18/h4-6H,3H2,1-2H3. The lowest BCUT2D eigenvalue weighted by Crippen LogP contribution is -2.30. The van der Waals surface area contributed by atoms with E-state index in [1.165, 1.54) is 16.3 Å². The summed E-state index contributed by atoms with van der Waals surface area (Å²) in [5.74, 6) is -3.44. The number of halogens is 2. The molecule has 0 amide bonds. The largest absolute Gasteiger partial charge is 0.462 e. The van der Waals surface area contributed by atoms with Crippen molar-refractivity contribution in [3.8, 4) is 0 Å². The summed E-state index contributed by atoms with van der Waals surface area (Å²) in [6.07, 6.45) is 0.174. The number of benzene rings is 1. The number of aldehydes is 1. The van der Waals surface area contributed by atoms with Crippen LogP contribution in [0, 0.1) is 11.6 Å². The predicted molar refractivity (Wildman–Crippen MR) is 80.0 cm³/mol. The van der Waals surface area contributed by atoms with E-state index in [2.05, 4.69) is 0 Å². The number of nitrogens with zero attached hydrogens (tertiary/aromatic N) is 1. The van der Waals surface area contributed by atoms with Gasteiger partial charge in [-0.15, -0.1) is 0 Å². The Morgan fingerprint density at radius 3 is 2.74 bits per heavy atom. The monoisotopic (exact) mass is 339 g/mol. The maximum Gasteiger partial charge on any atom is 0.344 e. The number of hydrogen-bond donors (Lipinski definition) is 0. The van der Waals surface area contributed by atoms with Crippen molar-refractivity contribution >= 4 is 34.9 Å². The van der Waals surface area contributed by atoms with Gasteiger partial charge in [-0.2, -0.15) is 0 Å². The first-order valence-corrected chi connectivity index (χ1v) is 7.69. The Bertz CT molecular complexity index is 922. The van der Waals surface area contributed by atoms with Gasteiger partial charge in [-0.3, -0.25) is 9.59 Å². The van der Waals surface area contributed by atoms with E-state index in [9.17, 15) is 23.2 Å². The number of fused-ring (bicyclic) bond motifs is 3. The van der Waals surface area contributed by atoms with E-state index in [4.69, 9.17) is 4.74 Å². The molecule has 0 saturated heterocycles. The van der Waals surface area contributed by atoms with E-state index >= 15 is 0 Å². The zero-order valence-electron chi connectivity index (χ0n) is 12.2. The number of ether oxygens (including phenoxy) is 1. The van der Waals surface area contributed by atoms with Crippen molar-refractivity contribution in [2.75, 3.05) is 6.61 Å². The summed E-state index contributed by atoms with van der Waals surface area (Å²) in [4.78, 5) is 35.8. The minimum atomic E-state index is -1.31. The summed E-state index contributed by atoms with van der Waals surface area (Å²) in [7, 11) is 0. The number of carbonyl (C=O) groups is 2. The second-order valence-electron chi connectivity index (χ2n) is 4.92. The molecule has 1 unspecified atom stereocenters. The molecule has 1 aliphatic rings. The maximum absolute atomic E-state index is 13.9. The second kappa shape index (κ2) is 5.45. The van der Waals surface area contributed by atoms with Gasteiger partial charge >= 0.3 is 5.97 Å². The number of hydrogen-bond acceptors (Lipinski definition) is 5. The van der Waals surface area contributed by atoms with Gasteiger partial charge in [0.1, 0.15) is 5.56 Å². The topological polar surface area (TPSA) is 65.4 Å². The van der Waals surface area contributed by atoms with Crippen molar-refractivity contribution in [1.82, 2.24) is 4.57 Å². The van der Waals surface area contributed by atoms with Gasteiger partial charge in [-0.05, 0) is 19.9 Å². The van der Waals surface area contributed by atoms with Gasteiger partial charge < -0.3 is 9.30 Å². The van der Waals surface area contributed by atoms with Gasteiger partial charge in [0.25, 0.3) is 0 Å². The highest BCUT2D eigenvalue weighted by Crippen LogP contribution is 2.47. The third kappa shape index (κ3) is 2.08. The fourth-order valence-electron chi connectivity index (χ4n) is 2.64. The third-order valence-corrected chi connectivity index (χ3v) is 4.79. The molecule has 1 aromatic heterocycles. The van der Waals surface area contributed by atoms with E-state index in [-0.39, 0.29) is 34.7 Å². The fourth-order valence-corrected chi connectivity index (χ4v) is 3.78. The molecule has 0 saturated carbocycles. The van der Waals surface area contributed by atoms with E-state index in [0.29, 0.717) is 11.1 Å². The van der Waals surface area contributed by atoms with E-state index in [1.807, 2.05) is 0 Å². The molecule has 1 aliphatic heterocycles. The Labute approximate surface area is 133 Å². The first-order valence-electron chi connectivity index (χ1n) is 6.81. The predicted octanol–water partition coefficient (Wildman–Crippen LogP) is 2.89. The van der Waals surface area contributed by atoms with Crippen LogP contribution in [0.4, 0.5) is 8.78 Å². The van der Waals surface area contributed by atoms with Crippen molar-refractivity contribution in [2.24, 2.45) is 0 Å². The van der Waals surface area contributed by atoms with Crippen molar-refractivity contribution in [1.29, 1.82) is 0 Å². The molecule has 5 nitrogen and oxygen atoms in total. The Morgan fingerprint density at radius 1 is 1.48 bits per heavy atom. The molecule has 0 radical (unpaired) electrons. The molecule has 2 aromatic rings. The molecular weight excluding hydrogens is 328 g/mol. The van der Waals surface area contributed by atoms with E-state index in [1.54, 1.807) is 13.8 Å². The Morgan fingerprint density at radius 2 is 2.17 bits per heavy atom. The highest BCUT2D eigenvalue weighted by molar-refractivity contribution is 8.00. The molecule has 1 atom stereocenters. The van der Waals surface area contributed by atoms with E-state index in [0.717, 1.165) is 0 Å². The van der Waals surface area contributed by atoms with Crippen molar-refractivity contribution in [2.45, 2.75) is 24.2 Å². The van der Waals surface area contributed by atoms with Crippen LogP contribution in [0.15, 0.2) is 15.9 Å². The molecule has 2 heterocycles. The van der Waals surface area contributed by atoms with Crippen LogP contribution in [-0.2, 0) is 4.74 Å². The molecule has 0 N–H and O–H groups in total. The fraction of sp³-hybridized carbons (Fsp3) is 0.267. The summed E-state index contributed by atoms with van der Waals surface area (Å²) in [6, 6.07) is 0.714. The molecule has 120 valence electrons. The quantitative estimate of drug-likeness (QED) is 0.635. The first kappa shape index (κ1) is 15.7. The number of thioether (sulfide) groups is 1. The summed E-state index contributed by atoms with van der Waals surface area (Å²) in [5.41, 5.74) is -1.52. The SMILES string of the molecule is CCOC(=O)c1c2n(c3c(C=O)c(F)c(F)cc3c1=O)C(C)S2. The van der Waals surface area contributed by atoms with Crippen LogP contribution >= 0.6 is 11.8 Å². The van der Waals surface area contributed by atoms with Gasteiger partial charge in [-0.1, -0.05) is 11.8 Å². The maximum atomic E-state index is 13.9. The summed E-state index contributed by atoms with van der Waals surface area (Å²) < 4.78 is 33.9. The zero-order chi connectivity index (χ0) is 16.9. The smallest absolute Gasteiger partial charge is 0.344 e. The average Bonchev–Trinajstić information content (AvgIpc) is 2.49. The summed E-state index contributed by atoms with van der Waals surface area (Å²) in [5, 5.41) is -0.155. The number of pyridine rings is 1. The summed E-state index contributed by atoms with van der Waals surface area (Å²) >= 11 is 1.22.